The molecule has 0 spiro atoms. The number of rotatable bonds is 23. The Balaban J connectivity index is 1.59. The smallest absolute Gasteiger partial charge is 0.159 e. The number of halogens is 2. The monoisotopic (exact) mass is 530 g/mol. The van der Waals surface area contributed by atoms with Crippen molar-refractivity contribution >= 4 is 0 Å². The van der Waals surface area contributed by atoms with E-state index in [4.69, 9.17) is 4.74 Å². The SMILES string of the molecule is CCCCCCCCCCCCc1cnc(-c2ccc(OCCC(F)CCC(F)CCCCC)cc2)nc1. The molecule has 5 heteroatoms. The van der Waals surface area contributed by atoms with Crippen LogP contribution >= 0.6 is 0 Å². The van der Waals surface area contributed by atoms with E-state index in [-0.39, 0.29) is 19.4 Å². The van der Waals surface area contributed by atoms with Crippen LogP contribution in [0.15, 0.2) is 36.7 Å². The van der Waals surface area contributed by atoms with E-state index in [2.05, 4.69) is 23.8 Å². The molecule has 0 fully saturated rings. The molecule has 214 valence electrons. The Labute approximate surface area is 231 Å². The van der Waals surface area contributed by atoms with Crippen LogP contribution in [0.4, 0.5) is 8.78 Å². The number of aryl methyl sites for hydroxylation is 1. The van der Waals surface area contributed by atoms with Crippen molar-refractivity contribution in [3.63, 3.8) is 0 Å². The fraction of sp³-hybridized carbons (Fsp3) is 0.697. The second kappa shape index (κ2) is 20.9. The van der Waals surface area contributed by atoms with Gasteiger partial charge in [0.2, 0.25) is 0 Å². The molecule has 0 aliphatic rings. The summed E-state index contributed by atoms with van der Waals surface area (Å²) < 4.78 is 33.6. The first kappa shape index (κ1) is 32.2. The average Bonchev–Trinajstić information content (AvgIpc) is 2.94. The van der Waals surface area contributed by atoms with Crippen LogP contribution in [-0.4, -0.2) is 28.9 Å². The van der Waals surface area contributed by atoms with Crippen LogP contribution in [0.3, 0.4) is 0 Å². The molecular formula is C33H52F2N2O. The highest BCUT2D eigenvalue weighted by Gasteiger charge is 2.12. The molecule has 0 saturated carbocycles. The van der Waals surface area contributed by atoms with Crippen molar-refractivity contribution in [3.8, 4) is 17.1 Å². The maximum Gasteiger partial charge on any atom is 0.159 e. The minimum Gasteiger partial charge on any atom is -0.493 e. The van der Waals surface area contributed by atoms with Gasteiger partial charge in [0.25, 0.3) is 0 Å². The van der Waals surface area contributed by atoms with Crippen LogP contribution in [0.25, 0.3) is 11.4 Å². The summed E-state index contributed by atoms with van der Waals surface area (Å²) in [6.07, 6.45) is 20.8. The molecule has 2 unspecified atom stereocenters. The Morgan fingerprint density at radius 1 is 0.632 bits per heavy atom. The zero-order valence-corrected chi connectivity index (χ0v) is 24.1. The summed E-state index contributed by atoms with van der Waals surface area (Å²) in [4.78, 5) is 9.11. The maximum absolute atomic E-state index is 14.1. The zero-order valence-electron chi connectivity index (χ0n) is 24.1. The minimum absolute atomic E-state index is 0.266. The van der Waals surface area contributed by atoms with Gasteiger partial charge in [-0.25, -0.2) is 18.7 Å². The normalized spacial score (nSPS) is 12.9. The van der Waals surface area contributed by atoms with Gasteiger partial charge in [-0.3, -0.25) is 0 Å². The van der Waals surface area contributed by atoms with Crippen molar-refractivity contribution in [1.82, 2.24) is 9.97 Å². The van der Waals surface area contributed by atoms with E-state index in [0.29, 0.717) is 24.4 Å². The van der Waals surface area contributed by atoms with Gasteiger partial charge in [-0.05, 0) is 61.9 Å². The molecule has 1 aromatic heterocycles. The topological polar surface area (TPSA) is 35.0 Å². The third-order valence-electron chi connectivity index (χ3n) is 7.25. The molecule has 3 nitrogen and oxygen atoms in total. The molecule has 38 heavy (non-hydrogen) atoms. The summed E-state index contributed by atoms with van der Waals surface area (Å²) >= 11 is 0. The molecule has 1 heterocycles. The van der Waals surface area contributed by atoms with Gasteiger partial charge in [0.15, 0.2) is 5.82 Å². The van der Waals surface area contributed by atoms with Crippen LogP contribution in [0, 0.1) is 0 Å². The maximum atomic E-state index is 14.1. The van der Waals surface area contributed by atoms with E-state index in [0.717, 1.165) is 31.2 Å². The van der Waals surface area contributed by atoms with Crippen LogP contribution < -0.4 is 4.74 Å². The zero-order chi connectivity index (χ0) is 27.3. The first-order valence-electron chi connectivity index (χ1n) is 15.4. The van der Waals surface area contributed by atoms with E-state index in [9.17, 15) is 8.78 Å². The van der Waals surface area contributed by atoms with E-state index in [1.807, 2.05) is 36.7 Å². The summed E-state index contributed by atoms with van der Waals surface area (Å²) in [6.45, 7) is 4.66. The van der Waals surface area contributed by atoms with Gasteiger partial charge < -0.3 is 4.74 Å². The molecule has 1 aromatic carbocycles. The number of nitrogens with zero attached hydrogens (tertiary/aromatic N) is 2. The van der Waals surface area contributed by atoms with Crippen LogP contribution in [0.5, 0.6) is 5.75 Å². The highest BCUT2D eigenvalue weighted by atomic mass is 19.1. The summed E-state index contributed by atoms with van der Waals surface area (Å²) in [6, 6.07) is 7.61. The molecule has 2 aromatic rings. The Morgan fingerprint density at radius 3 is 1.76 bits per heavy atom. The van der Waals surface area contributed by atoms with Crippen molar-refractivity contribution in [2.75, 3.05) is 6.61 Å². The Morgan fingerprint density at radius 2 is 1.16 bits per heavy atom. The average molecular weight is 531 g/mol. The summed E-state index contributed by atoms with van der Waals surface area (Å²) in [7, 11) is 0. The van der Waals surface area contributed by atoms with E-state index in [1.54, 1.807) is 0 Å². The van der Waals surface area contributed by atoms with Gasteiger partial charge in [-0.15, -0.1) is 0 Å². The van der Waals surface area contributed by atoms with Gasteiger partial charge in [0.1, 0.15) is 18.1 Å². The third kappa shape index (κ3) is 14.8. The fourth-order valence-corrected chi connectivity index (χ4v) is 4.72. The van der Waals surface area contributed by atoms with Crippen molar-refractivity contribution < 1.29 is 13.5 Å². The van der Waals surface area contributed by atoms with Crippen molar-refractivity contribution in [2.24, 2.45) is 0 Å². The second-order valence-electron chi connectivity index (χ2n) is 10.8. The number of benzene rings is 1. The van der Waals surface area contributed by atoms with Gasteiger partial charge >= 0.3 is 0 Å². The Bertz CT molecular complexity index is 813. The standard InChI is InChI=1S/C33H52F2N2O/c1-3-5-7-8-9-10-11-12-13-15-16-28-26-36-33(37-27-28)29-18-22-32(23-19-29)38-25-24-31(35)21-20-30(34)17-14-6-4-2/h18-19,22-23,26-27,30-31H,3-17,20-21,24-25H2,1-2H3. The minimum atomic E-state index is -1.02. The van der Waals surface area contributed by atoms with Crippen molar-refractivity contribution in [3.05, 3.63) is 42.2 Å². The first-order chi connectivity index (χ1) is 18.6. The van der Waals surface area contributed by atoms with Gasteiger partial charge in [0.05, 0.1) is 6.61 Å². The molecule has 0 radical (unpaired) electrons. The van der Waals surface area contributed by atoms with Crippen molar-refractivity contribution in [1.29, 1.82) is 0 Å². The molecule has 0 saturated heterocycles. The molecule has 0 N–H and O–H groups in total. The molecular weight excluding hydrogens is 478 g/mol. The number of hydrogen-bond acceptors (Lipinski definition) is 3. The third-order valence-corrected chi connectivity index (χ3v) is 7.25. The fourth-order valence-electron chi connectivity index (χ4n) is 4.72. The van der Waals surface area contributed by atoms with Crippen molar-refractivity contribution in [2.45, 2.75) is 142 Å². The highest BCUT2D eigenvalue weighted by molar-refractivity contribution is 5.55. The molecule has 0 aliphatic carbocycles. The first-order valence-corrected chi connectivity index (χ1v) is 15.4. The lowest BCUT2D eigenvalue weighted by Gasteiger charge is -2.12. The lowest BCUT2D eigenvalue weighted by Crippen LogP contribution is -2.10. The quantitative estimate of drug-likeness (QED) is 0.134. The number of aromatic nitrogens is 2. The second-order valence-corrected chi connectivity index (χ2v) is 10.8. The number of ether oxygens (including phenoxy) is 1. The van der Waals surface area contributed by atoms with Crippen LogP contribution in [-0.2, 0) is 6.42 Å². The summed E-state index contributed by atoms with van der Waals surface area (Å²) in [5.41, 5.74) is 2.12. The predicted octanol–water partition coefficient (Wildman–Crippen LogP) is 10.4. The Hall–Kier alpha value is -2.04. The van der Waals surface area contributed by atoms with Crippen LogP contribution in [0.1, 0.15) is 129 Å². The molecule has 2 rings (SSSR count). The largest absolute Gasteiger partial charge is 0.493 e. The lowest BCUT2D eigenvalue weighted by molar-refractivity contribution is 0.199. The number of alkyl halides is 2. The number of unbranched alkanes of at least 4 members (excludes halogenated alkanes) is 11. The van der Waals surface area contributed by atoms with E-state index < -0.39 is 12.3 Å². The molecule has 0 aliphatic heterocycles. The van der Waals surface area contributed by atoms with E-state index >= 15 is 0 Å². The lowest BCUT2D eigenvalue weighted by atomic mass is 10.0. The Kier molecular flexibility index (Phi) is 17.7. The predicted molar refractivity (Wildman–Crippen MR) is 156 cm³/mol. The van der Waals surface area contributed by atoms with E-state index in [1.165, 1.54) is 69.8 Å². The summed E-state index contributed by atoms with van der Waals surface area (Å²) in [5, 5.41) is 0. The van der Waals surface area contributed by atoms with Gasteiger partial charge in [-0.2, -0.15) is 0 Å². The highest BCUT2D eigenvalue weighted by Crippen LogP contribution is 2.21. The van der Waals surface area contributed by atoms with Gasteiger partial charge in [-0.1, -0.05) is 90.9 Å². The molecule has 0 bridgehead atoms. The van der Waals surface area contributed by atoms with Gasteiger partial charge in [0, 0.05) is 24.4 Å². The molecule has 0 amide bonds. The van der Waals surface area contributed by atoms with Crippen LogP contribution in [0.2, 0.25) is 0 Å². The molecule has 2 atom stereocenters. The number of hydrogen-bond donors (Lipinski definition) is 0. The summed E-state index contributed by atoms with van der Waals surface area (Å²) in [5.74, 6) is 1.40.